The van der Waals surface area contributed by atoms with Crippen LogP contribution in [0.25, 0.3) is 5.52 Å². The first-order chi connectivity index (χ1) is 6.72. The average Bonchev–Trinajstić information content (AvgIpc) is 2.59. The highest BCUT2D eigenvalue weighted by Crippen LogP contribution is 2.14. The van der Waals surface area contributed by atoms with Crippen molar-refractivity contribution in [3.8, 4) is 0 Å². The maximum atomic E-state index is 11.2. The van der Waals surface area contributed by atoms with Crippen LogP contribution in [-0.4, -0.2) is 27.9 Å². The van der Waals surface area contributed by atoms with Crippen molar-refractivity contribution < 1.29 is 9.53 Å². The lowest BCUT2D eigenvalue weighted by molar-refractivity contribution is 0.0596. The number of rotatable bonds is 1. The van der Waals surface area contributed by atoms with Crippen LogP contribution in [0.15, 0.2) is 18.3 Å². The molecule has 0 radical (unpaired) electrons. The molecule has 14 heavy (non-hydrogen) atoms. The third kappa shape index (κ3) is 1.31. The summed E-state index contributed by atoms with van der Waals surface area (Å²) < 4.78 is 6.00. The SMILES string of the molecule is COC(=O)c1nnn2ccc(Cl)cc12. The number of hydrogen-bond donors (Lipinski definition) is 0. The number of aromatic nitrogens is 3. The molecule has 0 aliphatic rings. The fraction of sp³-hybridized carbons (Fsp3) is 0.125. The molecular formula is C8H6ClN3O2. The van der Waals surface area contributed by atoms with Crippen molar-refractivity contribution in [3.63, 3.8) is 0 Å². The summed E-state index contributed by atoms with van der Waals surface area (Å²) in [5.41, 5.74) is 0.694. The van der Waals surface area contributed by atoms with Gasteiger partial charge in [0.25, 0.3) is 0 Å². The normalized spacial score (nSPS) is 10.4. The maximum Gasteiger partial charge on any atom is 0.360 e. The fourth-order valence-electron chi connectivity index (χ4n) is 1.11. The van der Waals surface area contributed by atoms with Gasteiger partial charge in [-0.25, -0.2) is 9.31 Å². The predicted molar refractivity (Wildman–Crippen MR) is 49.3 cm³/mol. The Labute approximate surface area is 84.2 Å². The second-order valence-electron chi connectivity index (χ2n) is 2.60. The molecule has 0 saturated carbocycles. The molecule has 0 unspecified atom stereocenters. The molecule has 0 aliphatic carbocycles. The van der Waals surface area contributed by atoms with E-state index in [1.807, 2.05) is 0 Å². The minimum atomic E-state index is -0.526. The Bertz CT molecular complexity index is 494. The fourth-order valence-corrected chi connectivity index (χ4v) is 1.27. The van der Waals surface area contributed by atoms with Crippen molar-refractivity contribution in [1.29, 1.82) is 0 Å². The molecule has 5 nitrogen and oxygen atoms in total. The van der Waals surface area contributed by atoms with Crippen molar-refractivity contribution in [2.24, 2.45) is 0 Å². The van der Waals surface area contributed by atoms with E-state index < -0.39 is 5.97 Å². The third-order valence-electron chi connectivity index (χ3n) is 1.76. The van der Waals surface area contributed by atoms with Crippen LogP contribution in [0.1, 0.15) is 10.5 Å². The van der Waals surface area contributed by atoms with E-state index >= 15 is 0 Å². The zero-order valence-corrected chi connectivity index (χ0v) is 8.02. The number of esters is 1. The lowest BCUT2D eigenvalue weighted by Gasteiger charge is -1.95. The number of nitrogens with zero attached hydrogens (tertiary/aromatic N) is 3. The van der Waals surface area contributed by atoms with Gasteiger partial charge in [-0.2, -0.15) is 0 Å². The summed E-state index contributed by atoms with van der Waals surface area (Å²) in [7, 11) is 1.29. The molecular weight excluding hydrogens is 206 g/mol. The first-order valence-corrected chi connectivity index (χ1v) is 4.19. The van der Waals surface area contributed by atoms with Gasteiger partial charge >= 0.3 is 5.97 Å². The minimum Gasteiger partial charge on any atom is -0.464 e. The molecule has 0 spiro atoms. The molecule has 2 heterocycles. The van der Waals surface area contributed by atoms with Crippen molar-refractivity contribution in [1.82, 2.24) is 14.8 Å². The van der Waals surface area contributed by atoms with Gasteiger partial charge in [-0.1, -0.05) is 16.8 Å². The van der Waals surface area contributed by atoms with Gasteiger partial charge in [0.05, 0.1) is 7.11 Å². The van der Waals surface area contributed by atoms with Gasteiger partial charge in [0, 0.05) is 11.2 Å². The van der Waals surface area contributed by atoms with Gasteiger partial charge in [0.2, 0.25) is 0 Å². The average molecular weight is 212 g/mol. The van der Waals surface area contributed by atoms with E-state index in [9.17, 15) is 4.79 Å². The quantitative estimate of drug-likeness (QED) is 0.665. The van der Waals surface area contributed by atoms with E-state index in [4.69, 9.17) is 11.6 Å². The summed E-state index contributed by atoms with van der Waals surface area (Å²) in [5.74, 6) is -0.526. The highest BCUT2D eigenvalue weighted by Gasteiger charge is 2.14. The van der Waals surface area contributed by atoms with Crippen molar-refractivity contribution in [3.05, 3.63) is 29.0 Å². The first-order valence-electron chi connectivity index (χ1n) is 3.81. The Morgan fingerprint density at radius 2 is 2.43 bits per heavy atom. The molecule has 2 aromatic rings. The zero-order valence-electron chi connectivity index (χ0n) is 7.27. The highest BCUT2D eigenvalue weighted by molar-refractivity contribution is 6.31. The molecule has 0 fully saturated rings. The predicted octanol–water partition coefficient (Wildman–Crippen LogP) is 1.17. The lowest BCUT2D eigenvalue weighted by Crippen LogP contribution is -2.02. The number of hydrogen-bond acceptors (Lipinski definition) is 4. The largest absolute Gasteiger partial charge is 0.464 e. The standard InChI is InChI=1S/C8H6ClN3O2/c1-14-8(13)7-6-4-5(9)2-3-12(6)11-10-7/h2-4H,1H3. The van der Waals surface area contributed by atoms with E-state index in [0.717, 1.165) is 0 Å². The van der Waals surface area contributed by atoms with E-state index in [2.05, 4.69) is 15.0 Å². The Morgan fingerprint density at radius 3 is 3.14 bits per heavy atom. The Hall–Kier alpha value is -1.62. The molecule has 0 amide bonds. The molecule has 0 aliphatic heterocycles. The lowest BCUT2D eigenvalue weighted by atomic mass is 10.3. The molecule has 0 N–H and O–H groups in total. The van der Waals surface area contributed by atoms with E-state index in [-0.39, 0.29) is 5.69 Å². The summed E-state index contributed by atoms with van der Waals surface area (Å²) in [6.07, 6.45) is 1.62. The third-order valence-corrected chi connectivity index (χ3v) is 1.99. The summed E-state index contributed by atoms with van der Waals surface area (Å²) >= 11 is 5.77. The van der Waals surface area contributed by atoms with Gasteiger partial charge in [-0.05, 0) is 12.1 Å². The van der Waals surface area contributed by atoms with Crippen molar-refractivity contribution in [2.75, 3.05) is 7.11 Å². The van der Waals surface area contributed by atoms with Crippen LogP contribution in [-0.2, 0) is 4.74 Å². The first kappa shape index (κ1) is 8.96. The van der Waals surface area contributed by atoms with Gasteiger partial charge in [-0.15, -0.1) is 5.10 Å². The summed E-state index contributed by atoms with van der Waals surface area (Å²) in [6, 6.07) is 3.26. The van der Waals surface area contributed by atoms with Gasteiger partial charge < -0.3 is 4.74 Å². The van der Waals surface area contributed by atoms with Crippen LogP contribution < -0.4 is 0 Å². The molecule has 2 rings (SSSR count). The van der Waals surface area contributed by atoms with Gasteiger partial charge in [-0.3, -0.25) is 0 Å². The van der Waals surface area contributed by atoms with Crippen LogP contribution in [0.5, 0.6) is 0 Å². The minimum absolute atomic E-state index is 0.162. The topological polar surface area (TPSA) is 56.5 Å². The molecule has 72 valence electrons. The zero-order chi connectivity index (χ0) is 10.1. The van der Waals surface area contributed by atoms with Crippen molar-refractivity contribution >= 4 is 23.1 Å². The Kier molecular flexibility index (Phi) is 2.09. The number of ether oxygens (including phenoxy) is 1. The van der Waals surface area contributed by atoms with Gasteiger partial charge in [0.1, 0.15) is 5.52 Å². The number of methoxy groups -OCH3 is 1. The summed E-state index contributed by atoms with van der Waals surface area (Å²) in [6.45, 7) is 0. The van der Waals surface area contributed by atoms with Crippen LogP contribution in [0, 0.1) is 0 Å². The molecule has 0 bridgehead atoms. The van der Waals surface area contributed by atoms with E-state index in [1.54, 1.807) is 18.3 Å². The molecule has 0 aromatic carbocycles. The van der Waals surface area contributed by atoms with Gasteiger partial charge in [0.15, 0.2) is 5.69 Å². The number of carbonyl (C=O) groups is 1. The Morgan fingerprint density at radius 1 is 1.64 bits per heavy atom. The monoisotopic (exact) mass is 211 g/mol. The van der Waals surface area contributed by atoms with Crippen LogP contribution in [0.4, 0.5) is 0 Å². The summed E-state index contributed by atoms with van der Waals surface area (Å²) in [4.78, 5) is 11.2. The molecule has 2 aromatic heterocycles. The molecule has 6 heteroatoms. The smallest absolute Gasteiger partial charge is 0.360 e. The number of halogens is 1. The second-order valence-corrected chi connectivity index (χ2v) is 3.04. The van der Waals surface area contributed by atoms with E-state index in [0.29, 0.717) is 10.5 Å². The second kappa shape index (κ2) is 3.26. The maximum absolute atomic E-state index is 11.2. The number of fused-ring (bicyclic) bond motifs is 1. The summed E-state index contributed by atoms with van der Waals surface area (Å²) in [5, 5.41) is 7.94. The van der Waals surface area contributed by atoms with E-state index in [1.165, 1.54) is 11.6 Å². The van der Waals surface area contributed by atoms with Crippen LogP contribution >= 0.6 is 11.6 Å². The molecule has 0 saturated heterocycles. The molecule has 0 atom stereocenters. The highest BCUT2D eigenvalue weighted by atomic mass is 35.5. The van der Waals surface area contributed by atoms with Crippen LogP contribution in [0.3, 0.4) is 0 Å². The number of pyridine rings is 1. The number of carbonyl (C=O) groups excluding carboxylic acids is 1. The van der Waals surface area contributed by atoms with Crippen LogP contribution in [0.2, 0.25) is 5.02 Å². The Balaban J connectivity index is 2.67. The van der Waals surface area contributed by atoms with Crippen molar-refractivity contribution in [2.45, 2.75) is 0 Å².